The van der Waals surface area contributed by atoms with Gasteiger partial charge in [-0.15, -0.1) is 0 Å². The molecule has 0 amide bonds. The minimum Gasteiger partial charge on any atom is -0.508 e. The zero-order chi connectivity index (χ0) is 14.0. The summed E-state index contributed by atoms with van der Waals surface area (Å²) in [6, 6.07) is 12.7. The highest BCUT2D eigenvalue weighted by Gasteiger charge is 2.19. The van der Waals surface area contributed by atoms with E-state index >= 15 is 0 Å². The Kier molecular flexibility index (Phi) is 3.70. The Bertz CT molecular complexity index is 598. The van der Waals surface area contributed by atoms with Crippen LogP contribution in [0.2, 0.25) is 0 Å². The number of ketones is 1. The molecule has 0 spiro atoms. The van der Waals surface area contributed by atoms with Gasteiger partial charge < -0.3 is 5.11 Å². The molecular weight excluding hydrogens is 236 g/mol. The van der Waals surface area contributed by atoms with Gasteiger partial charge in [0.15, 0.2) is 5.78 Å². The van der Waals surface area contributed by atoms with Gasteiger partial charge in [0.2, 0.25) is 0 Å². The van der Waals surface area contributed by atoms with Gasteiger partial charge >= 0.3 is 0 Å². The van der Waals surface area contributed by atoms with Crippen LogP contribution in [0.3, 0.4) is 0 Å². The zero-order valence-corrected chi connectivity index (χ0v) is 11.5. The average Bonchev–Trinajstić information content (AvgIpc) is 2.37. The Hall–Kier alpha value is -2.09. The summed E-state index contributed by atoms with van der Waals surface area (Å²) in [4.78, 5) is 12.6. The molecule has 0 radical (unpaired) electrons. The first kappa shape index (κ1) is 13.3. The van der Waals surface area contributed by atoms with Crippen molar-refractivity contribution in [1.82, 2.24) is 0 Å². The summed E-state index contributed by atoms with van der Waals surface area (Å²) >= 11 is 0. The van der Waals surface area contributed by atoms with Gasteiger partial charge in [-0.1, -0.05) is 44.2 Å². The van der Waals surface area contributed by atoms with E-state index in [-0.39, 0.29) is 17.5 Å². The lowest BCUT2D eigenvalue weighted by Gasteiger charge is -2.15. The van der Waals surface area contributed by atoms with Crippen LogP contribution < -0.4 is 0 Å². The van der Waals surface area contributed by atoms with E-state index in [2.05, 4.69) is 0 Å². The number of aryl methyl sites for hydroxylation is 1. The molecule has 0 aliphatic carbocycles. The monoisotopic (exact) mass is 254 g/mol. The predicted octanol–water partition coefficient (Wildman–Crippen LogP) is 4.06. The molecule has 19 heavy (non-hydrogen) atoms. The maximum Gasteiger partial charge on any atom is 0.193 e. The van der Waals surface area contributed by atoms with Crippen LogP contribution in [-0.4, -0.2) is 10.9 Å². The third-order valence-electron chi connectivity index (χ3n) is 3.16. The largest absolute Gasteiger partial charge is 0.508 e. The highest BCUT2D eigenvalue weighted by atomic mass is 16.3. The SMILES string of the molecule is Cc1cc(O)c(C(C)C)c(C(=O)c2ccccc2)c1. The first-order valence-electron chi connectivity index (χ1n) is 6.44. The van der Waals surface area contributed by atoms with Crippen molar-refractivity contribution >= 4 is 5.78 Å². The van der Waals surface area contributed by atoms with Crippen LogP contribution in [0.1, 0.15) is 46.8 Å². The van der Waals surface area contributed by atoms with Crippen molar-refractivity contribution in [2.24, 2.45) is 0 Å². The second kappa shape index (κ2) is 5.27. The average molecular weight is 254 g/mol. The molecule has 0 aromatic heterocycles. The lowest BCUT2D eigenvalue weighted by Crippen LogP contribution is -2.07. The van der Waals surface area contributed by atoms with Crippen molar-refractivity contribution in [1.29, 1.82) is 0 Å². The van der Waals surface area contributed by atoms with Gasteiger partial charge in [-0.25, -0.2) is 0 Å². The lowest BCUT2D eigenvalue weighted by atomic mass is 9.90. The van der Waals surface area contributed by atoms with E-state index in [0.717, 1.165) is 11.1 Å². The molecule has 0 atom stereocenters. The Balaban J connectivity index is 2.59. The van der Waals surface area contributed by atoms with Crippen molar-refractivity contribution in [3.05, 3.63) is 64.7 Å². The second-order valence-corrected chi connectivity index (χ2v) is 5.10. The molecule has 0 heterocycles. The van der Waals surface area contributed by atoms with Crippen LogP contribution in [0.25, 0.3) is 0 Å². The van der Waals surface area contributed by atoms with Gasteiger partial charge in [0, 0.05) is 16.7 Å². The first-order chi connectivity index (χ1) is 9.00. The summed E-state index contributed by atoms with van der Waals surface area (Å²) in [5, 5.41) is 10.1. The molecule has 0 bridgehead atoms. The third-order valence-corrected chi connectivity index (χ3v) is 3.16. The topological polar surface area (TPSA) is 37.3 Å². The van der Waals surface area contributed by atoms with Gasteiger partial charge in [-0.3, -0.25) is 4.79 Å². The molecule has 0 aliphatic heterocycles. The molecule has 2 rings (SSSR count). The fraction of sp³-hybridized carbons (Fsp3) is 0.235. The first-order valence-corrected chi connectivity index (χ1v) is 6.44. The van der Waals surface area contributed by atoms with Gasteiger partial charge in [0.1, 0.15) is 5.75 Å². The van der Waals surface area contributed by atoms with E-state index in [1.807, 2.05) is 45.0 Å². The zero-order valence-electron chi connectivity index (χ0n) is 11.5. The van der Waals surface area contributed by atoms with E-state index in [9.17, 15) is 9.90 Å². The summed E-state index contributed by atoms with van der Waals surface area (Å²) in [6.07, 6.45) is 0. The number of phenols is 1. The quantitative estimate of drug-likeness (QED) is 0.839. The standard InChI is InChI=1S/C17H18O2/c1-11(2)16-14(9-12(3)10-15(16)18)17(19)13-7-5-4-6-8-13/h4-11,18H,1-3H3. The van der Waals surface area contributed by atoms with Crippen LogP contribution >= 0.6 is 0 Å². The van der Waals surface area contributed by atoms with Crippen molar-refractivity contribution in [2.45, 2.75) is 26.7 Å². The summed E-state index contributed by atoms with van der Waals surface area (Å²) in [5.41, 5.74) is 2.86. The number of aromatic hydroxyl groups is 1. The second-order valence-electron chi connectivity index (χ2n) is 5.10. The van der Waals surface area contributed by atoms with Crippen molar-refractivity contribution in [3.8, 4) is 5.75 Å². The smallest absolute Gasteiger partial charge is 0.193 e. The molecule has 98 valence electrons. The summed E-state index contributed by atoms with van der Waals surface area (Å²) in [5.74, 6) is 0.265. The number of phenolic OH excluding ortho intramolecular Hbond substituents is 1. The molecule has 2 heteroatoms. The summed E-state index contributed by atoms with van der Waals surface area (Å²) in [6.45, 7) is 5.84. The number of carbonyl (C=O) groups excluding carboxylic acids is 1. The summed E-state index contributed by atoms with van der Waals surface area (Å²) in [7, 11) is 0. The fourth-order valence-electron chi connectivity index (χ4n) is 2.32. The fourth-order valence-corrected chi connectivity index (χ4v) is 2.32. The number of hydrogen-bond acceptors (Lipinski definition) is 2. The van der Waals surface area contributed by atoms with Crippen LogP contribution in [0.5, 0.6) is 5.75 Å². The van der Waals surface area contributed by atoms with E-state index in [1.165, 1.54) is 0 Å². The summed E-state index contributed by atoms with van der Waals surface area (Å²) < 4.78 is 0. The van der Waals surface area contributed by atoms with Crippen molar-refractivity contribution in [2.75, 3.05) is 0 Å². The Morgan fingerprint density at radius 3 is 2.32 bits per heavy atom. The molecule has 0 fully saturated rings. The number of benzene rings is 2. The molecule has 0 saturated heterocycles. The molecule has 1 N–H and O–H groups in total. The van der Waals surface area contributed by atoms with Crippen LogP contribution in [0, 0.1) is 6.92 Å². The molecule has 0 saturated carbocycles. The number of rotatable bonds is 3. The highest BCUT2D eigenvalue weighted by Crippen LogP contribution is 2.31. The number of hydrogen-bond donors (Lipinski definition) is 1. The number of carbonyl (C=O) groups is 1. The van der Waals surface area contributed by atoms with Crippen molar-refractivity contribution < 1.29 is 9.90 Å². The van der Waals surface area contributed by atoms with Gasteiger partial charge in [0.05, 0.1) is 0 Å². The van der Waals surface area contributed by atoms with E-state index in [4.69, 9.17) is 0 Å². The van der Waals surface area contributed by atoms with Crippen LogP contribution in [0.15, 0.2) is 42.5 Å². The molecule has 2 aromatic rings. The Morgan fingerprint density at radius 2 is 1.74 bits per heavy atom. The van der Waals surface area contributed by atoms with Gasteiger partial charge in [-0.2, -0.15) is 0 Å². The minimum absolute atomic E-state index is 0.0386. The van der Waals surface area contributed by atoms with E-state index in [1.54, 1.807) is 18.2 Å². The van der Waals surface area contributed by atoms with E-state index < -0.39 is 0 Å². The van der Waals surface area contributed by atoms with Crippen LogP contribution in [-0.2, 0) is 0 Å². The molecule has 0 aliphatic rings. The maximum atomic E-state index is 12.6. The van der Waals surface area contributed by atoms with E-state index in [0.29, 0.717) is 11.1 Å². The van der Waals surface area contributed by atoms with Gasteiger partial charge in [0.25, 0.3) is 0 Å². The Morgan fingerprint density at radius 1 is 1.11 bits per heavy atom. The lowest BCUT2D eigenvalue weighted by molar-refractivity contribution is 0.103. The van der Waals surface area contributed by atoms with Gasteiger partial charge in [-0.05, 0) is 30.5 Å². The predicted molar refractivity (Wildman–Crippen MR) is 76.8 cm³/mol. The molecule has 2 nitrogen and oxygen atoms in total. The normalized spacial score (nSPS) is 10.7. The van der Waals surface area contributed by atoms with Crippen molar-refractivity contribution in [3.63, 3.8) is 0 Å². The highest BCUT2D eigenvalue weighted by molar-refractivity contribution is 6.10. The van der Waals surface area contributed by atoms with Crippen LogP contribution in [0.4, 0.5) is 0 Å². The maximum absolute atomic E-state index is 12.6. The molecular formula is C17H18O2. The third kappa shape index (κ3) is 2.68. The minimum atomic E-state index is -0.0386. The molecule has 2 aromatic carbocycles. The molecule has 0 unspecified atom stereocenters. The Labute approximate surface area is 113 Å².